The average molecular weight is 144 g/mol. The zero-order valence-electron chi connectivity index (χ0n) is 6.62. The second kappa shape index (κ2) is 4.47. The molecule has 2 heteroatoms. The Morgan fingerprint density at radius 3 is 2.20 bits per heavy atom. The zero-order chi connectivity index (χ0) is 8.15. The standard InChI is InChI=1S/C8H16O2/c1-4-6(2)5-8(10)7(3)9/h4,6-10H,1,5H2,2-3H3. The normalized spacial score (nSPS) is 19.6. The molecule has 0 saturated heterocycles. The molecule has 3 atom stereocenters. The Balaban J connectivity index is 3.56. The van der Waals surface area contributed by atoms with Crippen molar-refractivity contribution >= 4 is 0 Å². The fourth-order valence-corrected chi connectivity index (χ4v) is 0.674. The molecular weight excluding hydrogens is 128 g/mol. The lowest BCUT2D eigenvalue weighted by Gasteiger charge is -2.15. The van der Waals surface area contributed by atoms with Gasteiger partial charge in [0.25, 0.3) is 0 Å². The molecule has 0 aliphatic carbocycles. The van der Waals surface area contributed by atoms with Crippen molar-refractivity contribution in [1.82, 2.24) is 0 Å². The van der Waals surface area contributed by atoms with Gasteiger partial charge in [-0.05, 0) is 19.3 Å². The van der Waals surface area contributed by atoms with Crippen LogP contribution in [0, 0.1) is 5.92 Å². The number of hydrogen-bond acceptors (Lipinski definition) is 2. The monoisotopic (exact) mass is 144 g/mol. The SMILES string of the molecule is C=CC(C)CC(O)C(C)O. The Kier molecular flexibility index (Phi) is 4.32. The average Bonchev–Trinajstić information content (AvgIpc) is 1.87. The predicted molar refractivity (Wildman–Crippen MR) is 41.7 cm³/mol. The van der Waals surface area contributed by atoms with Gasteiger partial charge in [-0.2, -0.15) is 0 Å². The van der Waals surface area contributed by atoms with Crippen molar-refractivity contribution in [3.63, 3.8) is 0 Å². The summed E-state index contributed by atoms with van der Waals surface area (Å²) in [6.07, 6.45) is 1.10. The summed E-state index contributed by atoms with van der Waals surface area (Å²) in [7, 11) is 0. The molecule has 0 heterocycles. The molecule has 0 rings (SSSR count). The summed E-state index contributed by atoms with van der Waals surface area (Å²) in [5, 5.41) is 18.0. The van der Waals surface area contributed by atoms with Gasteiger partial charge in [0.05, 0.1) is 12.2 Å². The molecule has 0 aliphatic heterocycles. The van der Waals surface area contributed by atoms with E-state index < -0.39 is 12.2 Å². The smallest absolute Gasteiger partial charge is 0.0801 e. The largest absolute Gasteiger partial charge is 0.391 e. The van der Waals surface area contributed by atoms with Crippen molar-refractivity contribution in [2.24, 2.45) is 5.92 Å². The van der Waals surface area contributed by atoms with Crippen LogP contribution in [0.3, 0.4) is 0 Å². The van der Waals surface area contributed by atoms with Gasteiger partial charge in [-0.15, -0.1) is 6.58 Å². The molecule has 0 fully saturated rings. The molecule has 0 amide bonds. The molecule has 0 saturated carbocycles. The highest BCUT2D eigenvalue weighted by molar-refractivity contribution is 4.78. The van der Waals surface area contributed by atoms with Gasteiger partial charge < -0.3 is 10.2 Å². The van der Waals surface area contributed by atoms with Crippen LogP contribution in [0.2, 0.25) is 0 Å². The fraction of sp³-hybridized carbons (Fsp3) is 0.750. The number of aliphatic hydroxyl groups is 2. The predicted octanol–water partition coefficient (Wildman–Crippen LogP) is 0.940. The third-order valence-electron chi connectivity index (χ3n) is 1.57. The van der Waals surface area contributed by atoms with Crippen LogP contribution in [-0.4, -0.2) is 22.4 Å². The van der Waals surface area contributed by atoms with Crippen LogP contribution >= 0.6 is 0 Å². The lowest BCUT2D eigenvalue weighted by Crippen LogP contribution is -2.24. The molecule has 0 bridgehead atoms. The second-order valence-corrected chi connectivity index (χ2v) is 2.76. The van der Waals surface area contributed by atoms with E-state index >= 15 is 0 Å². The van der Waals surface area contributed by atoms with Gasteiger partial charge in [0, 0.05) is 0 Å². The lowest BCUT2D eigenvalue weighted by molar-refractivity contribution is 0.0208. The van der Waals surface area contributed by atoms with Crippen molar-refractivity contribution in [2.75, 3.05) is 0 Å². The van der Waals surface area contributed by atoms with Gasteiger partial charge in [-0.1, -0.05) is 13.0 Å². The van der Waals surface area contributed by atoms with E-state index in [0.29, 0.717) is 6.42 Å². The molecule has 0 spiro atoms. The first-order chi connectivity index (χ1) is 4.57. The molecule has 60 valence electrons. The molecule has 0 aromatic heterocycles. The summed E-state index contributed by atoms with van der Waals surface area (Å²) in [4.78, 5) is 0. The van der Waals surface area contributed by atoms with Crippen molar-refractivity contribution in [1.29, 1.82) is 0 Å². The Labute approximate surface area is 62.2 Å². The molecular formula is C8H16O2. The zero-order valence-corrected chi connectivity index (χ0v) is 6.62. The maximum atomic E-state index is 9.13. The highest BCUT2D eigenvalue weighted by Crippen LogP contribution is 2.08. The van der Waals surface area contributed by atoms with E-state index in [1.54, 1.807) is 13.0 Å². The van der Waals surface area contributed by atoms with Crippen molar-refractivity contribution in [3.8, 4) is 0 Å². The molecule has 0 radical (unpaired) electrons. The van der Waals surface area contributed by atoms with E-state index in [4.69, 9.17) is 10.2 Å². The number of allylic oxidation sites excluding steroid dienone is 1. The van der Waals surface area contributed by atoms with E-state index in [1.807, 2.05) is 6.92 Å². The van der Waals surface area contributed by atoms with Crippen molar-refractivity contribution in [3.05, 3.63) is 12.7 Å². The number of aliphatic hydroxyl groups excluding tert-OH is 2. The Morgan fingerprint density at radius 1 is 1.40 bits per heavy atom. The topological polar surface area (TPSA) is 40.5 Å². The van der Waals surface area contributed by atoms with Crippen LogP contribution in [0.4, 0.5) is 0 Å². The van der Waals surface area contributed by atoms with E-state index in [9.17, 15) is 0 Å². The summed E-state index contributed by atoms with van der Waals surface area (Å²) >= 11 is 0. The molecule has 0 aliphatic rings. The molecule has 0 aromatic rings. The Morgan fingerprint density at radius 2 is 1.90 bits per heavy atom. The number of rotatable bonds is 4. The summed E-state index contributed by atoms with van der Waals surface area (Å²) in [6, 6.07) is 0. The highest BCUT2D eigenvalue weighted by Gasteiger charge is 2.12. The van der Waals surface area contributed by atoms with E-state index in [1.165, 1.54) is 0 Å². The fourth-order valence-electron chi connectivity index (χ4n) is 0.674. The Bertz CT molecular complexity index is 99.4. The third kappa shape index (κ3) is 3.64. The van der Waals surface area contributed by atoms with E-state index in [0.717, 1.165) is 0 Å². The van der Waals surface area contributed by atoms with Crippen LogP contribution in [-0.2, 0) is 0 Å². The van der Waals surface area contributed by atoms with E-state index in [2.05, 4.69) is 6.58 Å². The first kappa shape index (κ1) is 9.66. The summed E-state index contributed by atoms with van der Waals surface area (Å²) in [6.45, 7) is 7.12. The minimum Gasteiger partial charge on any atom is -0.391 e. The molecule has 10 heavy (non-hydrogen) atoms. The van der Waals surface area contributed by atoms with Gasteiger partial charge in [0.1, 0.15) is 0 Å². The molecule has 3 unspecified atom stereocenters. The maximum Gasteiger partial charge on any atom is 0.0801 e. The quantitative estimate of drug-likeness (QED) is 0.576. The maximum absolute atomic E-state index is 9.13. The number of hydrogen-bond donors (Lipinski definition) is 2. The minimum absolute atomic E-state index is 0.268. The first-order valence-electron chi connectivity index (χ1n) is 3.56. The highest BCUT2D eigenvalue weighted by atomic mass is 16.3. The van der Waals surface area contributed by atoms with Crippen LogP contribution in [0.5, 0.6) is 0 Å². The van der Waals surface area contributed by atoms with Crippen LogP contribution in [0.15, 0.2) is 12.7 Å². The molecule has 2 nitrogen and oxygen atoms in total. The third-order valence-corrected chi connectivity index (χ3v) is 1.57. The summed E-state index contributed by atoms with van der Waals surface area (Å²) in [5.41, 5.74) is 0. The Hall–Kier alpha value is -0.340. The van der Waals surface area contributed by atoms with Crippen LogP contribution < -0.4 is 0 Å². The van der Waals surface area contributed by atoms with Gasteiger partial charge in [0.2, 0.25) is 0 Å². The summed E-state index contributed by atoms with van der Waals surface area (Å²) < 4.78 is 0. The van der Waals surface area contributed by atoms with Crippen molar-refractivity contribution in [2.45, 2.75) is 32.5 Å². The van der Waals surface area contributed by atoms with Crippen LogP contribution in [0.1, 0.15) is 20.3 Å². The van der Waals surface area contributed by atoms with Crippen molar-refractivity contribution < 1.29 is 10.2 Å². The lowest BCUT2D eigenvalue weighted by atomic mass is 10.0. The minimum atomic E-state index is -0.637. The van der Waals surface area contributed by atoms with Gasteiger partial charge in [0.15, 0.2) is 0 Å². The summed E-state index contributed by atoms with van der Waals surface area (Å²) in [5.74, 6) is 0.268. The van der Waals surface area contributed by atoms with Gasteiger partial charge in [-0.3, -0.25) is 0 Å². The van der Waals surface area contributed by atoms with Gasteiger partial charge >= 0.3 is 0 Å². The molecule has 0 aromatic carbocycles. The second-order valence-electron chi connectivity index (χ2n) is 2.76. The van der Waals surface area contributed by atoms with Gasteiger partial charge in [-0.25, -0.2) is 0 Å². The first-order valence-corrected chi connectivity index (χ1v) is 3.56. The van der Waals surface area contributed by atoms with E-state index in [-0.39, 0.29) is 5.92 Å². The van der Waals surface area contributed by atoms with Crippen LogP contribution in [0.25, 0.3) is 0 Å². The molecule has 2 N–H and O–H groups in total.